The van der Waals surface area contributed by atoms with Gasteiger partial charge in [-0.2, -0.15) is 0 Å². The van der Waals surface area contributed by atoms with E-state index in [-0.39, 0.29) is 17.9 Å². The second-order valence-corrected chi connectivity index (χ2v) is 9.37. The lowest BCUT2D eigenvalue weighted by Gasteiger charge is -2.52. The highest BCUT2D eigenvalue weighted by atomic mass is 35.5. The lowest BCUT2D eigenvalue weighted by Crippen LogP contribution is -2.73. The summed E-state index contributed by atoms with van der Waals surface area (Å²) in [7, 11) is 0. The summed E-state index contributed by atoms with van der Waals surface area (Å²) in [6, 6.07) is 7.55. The highest BCUT2D eigenvalue weighted by molar-refractivity contribution is 6.30. The zero-order valence-electron chi connectivity index (χ0n) is 17.9. The number of piperidine rings is 1. The molecule has 160 valence electrons. The van der Waals surface area contributed by atoms with Gasteiger partial charge in [-0.05, 0) is 49.3 Å². The Hall–Kier alpha value is -1.59. The maximum absolute atomic E-state index is 13.3. The Morgan fingerprint density at radius 3 is 2.59 bits per heavy atom. The number of carbonyl (C=O) groups excluding carboxylic acids is 2. The van der Waals surface area contributed by atoms with Crippen molar-refractivity contribution in [2.75, 3.05) is 19.6 Å². The first-order valence-corrected chi connectivity index (χ1v) is 11.3. The molecule has 1 aromatic carbocycles. The second kappa shape index (κ2) is 9.48. The summed E-state index contributed by atoms with van der Waals surface area (Å²) in [6.07, 6.45) is 4.01. The van der Waals surface area contributed by atoms with Crippen molar-refractivity contribution in [2.24, 2.45) is 5.92 Å². The quantitative estimate of drug-likeness (QED) is 0.730. The van der Waals surface area contributed by atoms with E-state index in [1.54, 1.807) is 0 Å². The minimum absolute atomic E-state index is 0.0428. The van der Waals surface area contributed by atoms with E-state index in [4.69, 9.17) is 11.6 Å². The van der Waals surface area contributed by atoms with Crippen molar-refractivity contribution in [1.82, 2.24) is 15.1 Å². The molecule has 2 saturated heterocycles. The van der Waals surface area contributed by atoms with Crippen LogP contribution in [-0.2, 0) is 16.1 Å². The predicted molar refractivity (Wildman–Crippen MR) is 117 cm³/mol. The van der Waals surface area contributed by atoms with Gasteiger partial charge in [0.1, 0.15) is 11.6 Å². The molecule has 0 radical (unpaired) electrons. The van der Waals surface area contributed by atoms with Gasteiger partial charge in [0.25, 0.3) is 0 Å². The Labute approximate surface area is 179 Å². The molecule has 29 heavy (non-hydrogen) atoms. The average molecular weight is 420 g/mol. The standard InChI is InChI=1S/C23H34ClN3O2/c1-4-5-11-27-21(28)20(14-17(2)3)25-22(29)23(27)9-12-26(13-10-23)16-18-7-6-8-19(24)15-18/h6-8,15,17,20H,4-5,9-14,16H2,1-3H3,(H,25,29). The monoisotopic (exact) mass is 419 g/mol. The molecule has 6 heteroatoms. The molecule has 0 saturated carbocycles. The van der Waals surface area contributed by atoms with Crippen LogP contribution in [0.4, 0.5) is 0 Å². The first-order chi connectivity index (χ1) is 13.9. The number of benzene rings is 1. The van der Waals surface area contributed by atoms with Crippen molar-refractivity contribution in [1.29, 1.82) is 0 Å². The highest BCUT2D eigenvalue weighted by Gasteiger charge is 2.53. The molecule has 0 aromatic heterocycles. The maximum atomic E-state index is 13.3. The van der Waals surface area contributed by atoms with Crippen molar-refractivity contribution in [3.63, 3.8) is 0 Å². The molecule has 2 heterocycles. The molecular weight excluding hydrogens is 386 g/mol. The van der Waals surface area contributed by atoms with E-state index in [9.17, 15) is 9.59 Å². The second-order valence-electron chi connectivity index (χ2n) is 8.94. The Bertz CT molecular complexity index is 729. The fraction of sp³-hybridized carbons (Fsp3) is 0.652. The summed E-state index contributed by atoms with van der Waals surface area (Å²) in [4.78, 5) is 30.8. The number of hydrogen-bond donors (Lipinski definition) is 1. The van der Waals surface area contributed by atoms with E-state index in [0.29, 0.717) is 31.7 Å². The molecule has 0 aliphatic carbocycles. The van der Waals surface area contributed by atoms with Gasteiger partial charge in [0, 0.05) is 31.2 Å². The van der Waals surface area contributed by atoms with Crippen LogP contribution in [0.2, 0.25) is 5.02 Å². The first kappa shape index (κ1) is 22.1. The number of halogens is 1. The summed E-state index contributed by atoms with van der Waals surface area (Å²) in [6.45, 7) is 9.39. The smallest absolute Gasteiger partial charge is 0.246 e. The number of piperazine rings is 1. The van der Waals surface area contributed by atoms with Crippen molar-refractivity contribution in [3.8, 4) is 0 Å². The number of likely N-dealkylation sites (tertiary alicyclic amines) is 1. The molecular formula is C23H34ClN3O2. The minimum Gasteiger partial charge on any atom is -0.342 e. The van der Waals surface area contributed by atoms with Crippen LogP contribution in [0.5, 0.6) is 0 Å². The third kappa shape index (κ3) is 4.95. The van der Waals surface area contributed by atoms with Gasteiger partial charge in [-0.1, -0.05) is 50.9 Å². The van der Waals surface area contributed by atoms with E-state index in [2.05, 4.69) is 37.1 Å². The van der Waals surface area contributed by atoms with Crippen LogP contribution >= 0.6 is 11.6 Å². The van der Waals surface area contributed by atoms with E-state index in [1.165, 1.54) is 5.56 Å². The number of carbonyl (C=O) groups is 2. The Morgan fingerprint density at radius 2 is 1.97 bits per heavy atom. The number of nitrogens with zero attached hydrogens (tertiary/aromatic N) is 2. The molecule has 2 aliphatic rings. The highest BCUT2D eigenvalue weighted by Crippen LogP contribution is 2.34. The number of amides is 2. The fourth-order valence-electron chi connectivity index (χ4n) is 4.62. The van der Waals surface area contributed by atoms with Crippen LogP contribution in [0.25, 0.3) is 0 Å². The van der Waals surface area contributed by atoms with Crippen LogP contribution < -0.4 is 5.32 Å². The fourth-order valence-corrected chi connectivity index (χ4v) is 4.83. The summed E-state index contributed by atoms with van der Waals surface area (Å²) >= 11 is 6.12. The van der Waals surface area contributed by atoms with Crippen molar-refractivity contribution in [3.05, 3.63) is 34.9 Å². The number of rotatable bonds is 7. The van der Waals surface area contributed by atoms with Gasteiger partial charge in [-0.15, -0.1) is 0 Å². The minimum atomic E-state index is -0.690. The maximum Gasteiger partial charge on any atom is 0.246 e. The SMILES string of the molecule is CCCCN1C(=O)C(CC(C)C)NC(=O)C12CCN(Cc1cccc(Cl)c1)CC2. The zero-order valence-corrected chi connectivity index (χ0v) is 18.7. The lowest BCUT2D eigenvalue weighted by atomic mass is 9.80. The van der Waals surface area contributed by atoms with E-state index in [0.717, 1.165) is 37.5 Å². The topological polar surface area (TPSA) is 52.7 Å². The van der Waals surface area contributed by atoms with Crippen molar-refractivity contribution >= 4 is 23.4 Å². The van der Waals surface area contributed by atoms with Crippen LogP contribution in [-0.4, -0.2) is 52.8 Å². The number of hydrogen-bond acceptors (Lipinski definition) is 3. The molecule has 1 spiro atoms. The third-order valence-corrected chi connectivity index (χ3v) is 6.46. The zero-order chi connectivity index (χ0) is 21.0. The predicted octanol–water partition coefficient (Wildman–Crippen LogP) is 3.85. The molecule has 0 bridgehead atoms. The Kier molecular flexibility index (Phi) is 7.23. The first-order valence-electron chi connectivity index (χ1n) is 10.9. The van der Waals surface area contributed by atoms with Gasteiger partial charge in [0.2, 0.25) is 11.8 Å². The van der Waals surface area contributed by atoms with E-state index < -0.39 is 5.54 Å². The summed E-state index contributed by atoms with van der Waals surface area (Å²) in [5.74, 6) is 0.516. The van der Waals surface area contributed by atoms with Crippen LogP contribution in [0, 0.1) is 5.92 Å². The molecule has 5 nitrogen and oxygen atoms in total. The van der Waals surface area contributed by atoms with Crippen molar-refractivity contribution < 1.29 is 9.59 Å². The molecule has 1 aromatic rings. The van der Waals surface area contributed by atoms with Gasteiger partial charge in [0.05, 0.1) is 0 Å². The largest absolute Gasteiger partial charge is 0.342 e. The van der Waals surface area contributed by atoms with Gasteiger partial charge in [0.15, 0.2) is 0 Å². The summed E-state index contributed by atoms with van der Waals surface area (Å²) < 4.78 is 0. The molecule has 1 N–H and O–H groups in total. The lowest BCUT2D eigenvalue weighted by molar-refractivity contribution is -0.161. The van der Waals surface area contributed by atoms with E-state index >= 15 is 0 Å². The van der Waals surface area contributed by atoms with Gasteiger partial charge < -0.3 is 10.2 Å². The van der Waals surface area contributed by atoms with Crippen LogP contribution in [0.15, 0.2) is 24.3 Å². The molecule has 1 unspecified atom stereocenters. The molecule has 1 atom stereocenters. The average Bonchev–Trinajstić information content (AvgIpc) is 2.67. The molecule has 2 fully saturated rings. The Balaban J connectivity index is 1.73. The number of nitrogens with one attached hydrogen (secondary N) is 1. The van der Waals surface area contributed by atoms with Crippen LogP contribution in [0.3, 0.4) is 0 Å². The van der Waals surface area contributed by atoms with E-state index in [1.807, 2.05) is 23.1 Å². The van der Waals surface area contributed by atoms with Crippen LogP contribution in [0.1, 0.15) is 58.4 Å². The Morgan fingerprint density at radius 1 is 1.24 bits per heavy atom. The summed E-state index contributed by atoms with van der Waals surface area (Å²) in [5.41, 5.74) is 0.488. The molecule has 2 amide bonds. The number of unbranched alkanes of at least 4 members (excludes halogenated alkanes) is 1. The third-order valence-electron chi connectivity index (χ3n) is 6.23. The van der Waals surface area contributed by atoms with Gasteiger partial charge >= 0.3 is 0 Å². The molecule has 3 rings (SSSR count). The summed E-state index contributed by atoms with van der Waals surface area (Å²) in [5, 5.41) is 3.82. The van der Waals surface area contributed by atoms with Gasteiger partial charge in [-0.25, -0.2) is 0 Å². The normalized spacial score (nSPS) is 22.4. The molecule has 2 aliphatic heterocycles. The van der Waals surface area contributed by atoms with Gasteiger partial charge in [-0.3, -0.25) is 14.5 Å². The van der Waals surface area contributed by atoms with Crippen molar-refractivity contribution in [2.45, 2.75) is 71.0 Å².